The molecule has 0 atom stereocenters. The average Bonchev–Trinajstić information content (AvgIpc) is 2.69. The minimum Gasteiger partial charge on any atom is -0.369 e. The second kappa shape index (κ2) is 4.08. The van der Waals surface area contributed by atoms with E-state index in [1.54, 1.807) is 0 Å². The molecule has 3 heteroatoms. The number of aromatic amines is 1. The zero-order chi connectivity index (χ0) is 11.8. The fourth-order valence-electron chi connectivity index (χ4n) is 2.52. The van der Waals surface area contributed by atoms with E-state index in [0.29, 0.717) is 0 Å². The van der Waals surface area contributed by atoms with E-state index in [1.807, 2.05) is 0 Å². The Hall–Kier alpha value is -1.48. The van der Waals surface area contributed by atoms with Crippen LogP contribution in [0.1, 0.15) is 5.69 Å². The van der Waals surface area contributed by atoms with Crippen LogP contribution in [0.25, 0.3) is 10.9 Å². The highest BCUT2D eigenvalue weighted by Gasteiger charge is 2.14. The van der Waals surface area contributed by atoms with Gasteiger partial charge < -0.3 is 14.8 Å². The van der Waals surface area contributed by atoms with Crippen LogP contribution in [0, 0.1) is 6.92 Å². The van der Waals surface area contributed by atoms with E-state index >= 15 is 0 Å². The van der Waals surface area contributed by atoms with Crippen LogP contribution >= 0.6 is 0 Å². The van der Waals surface area contributed by atoms with Gasteiger partial charge >= 0.3 is 0 Å². The van der Waals surface area contributed by atoms with Gasteiger partial charge in [0.2, 0.25) is 0 Å². The molecule has 0 bridgehead atoms. The van der Waals surface area contributed by atoms with Crippen molar-refractivity contribution < 1.29 is 0 Å². The lowest BCUT2D eigenvalue weighted by atomic mass is 10.2. The molecular formula is C14H19N3. The zero-order valence-electron chi connectivity index (χ0n) is 10.5. The highest BCUT2D eigenvalue weighted by Crippen LogP contribution is 2.23. The minimum atomic E-state index is 1.13. The number of hydrogen-bond acceptors (Lipinski definition) is 2. The summed E-state index contributed by atoms with van der Waals surface area (Å²) in [4.78, 5) is 8.26. The Bertz CT molecular complexity index is 521. The number of aryl methyl sites for hydroxylation is 1. The molecular weight excluding hydrogens is 210 g/mol. The Labute approximate surface area is 102 Å². The van der Waals surface area contributed by atoms with Gasteiger partial charge in [-0.3, -0.25) is 0 Å². The molecule has 0 radical (unpaired) electrons. The monoisotopic (exact) mass is 229 g/mol. The van der Waals surface area contributed by atoms with Crippen LogP contribution in [0.4, 0.5) is 5.69 Å². The van der Waals surface area contributed by atoms with Crippen molar-refractivity contribution in [2.24, 2.45) is 0 Å². The van der Waals surface area contributed by atoms with Crippen LogP contribution in [-0.4, -0.2) is 43.1 Å². The maximum absolute atomic E-state index is 3.41. The van der Waals surface area contributed by atoms with Crippen LogP contribution in [0.2, 0.25) is 0 Å². The number of rotatable bonds is 1. The van der Waals surface area contributed by atoms with Gasteiger partial charge in [-0.15, -0.1) is 0 Å². The lowest BCUT2D eigenvalue weighted by molar-refractivity contribution is 0.313. The van der Waals surface area contributed by atoms with Gasteiger partial charge in [-0.2, -0.15) is 0 Å². The number of piperazine rings is 1. The molecule has 3 rings (SSSR count). The predicted octanol–water partition coefficient (Wildman–Crippen LogP) is 2.23. The van der Waals surface area contributed by atoms with E-state index < -0.39 is 0 Å². The molecule has 1 fully saturated rings. The SMILES string of the molecule is Cc1cc2ccc(N3CCN(C)CC3)cc2[nH]1. The molecule has 0 aliphatic carbocycles. The first-order valence-corrected chi connectivity index (χ1v) is 6.25. The van der Waals surface area contributed by atoms with E-state index in [1.165, 1.54) is 22.3 Å². The van der Waals surface area contributed by atoms with Crippen LogP contribution < -0.4 is 4.90 Å². The second-order valence-corrected chi connectivity index (χ2v) is 5.01. The average molecular weight is 229 g/mol. The molecule has 0 spiro atoms. The van der Waals surface area contributed by atoms with Gasteiger partial charge in [-0.25, -0.2) is 0 Å². The van der Waals surface area contributed by atoms with Crippen molar-refractivity contribution in [2.45, 2.75) is 6.92 Å². The third-order valence-corrected chi connectivity index (χ3v) is 3.61. The number of nitrogens with zero attached hydrogens (tertiary/aromatic N) is 2. The van der Waals surface area contributed by atoms with Gasteiger partial charge in [-0.05, 0) is 37.6 Å². The van der Waals surface area contributed by atoms with E-state index in [2.05, 4.69) is 53.0 Å². The summed E-state index contributed by atoms with van der Waals surface area (Å²) in [5, 5.41) is 1.31. The van der Waals surface area contributed by atoms with Crippen LogP contribution in [0.15, 0.2) is 24.3 Å². The number of nitrogens with one attached hydrogen (secondary N) is 1. The van der Waals surface area contributed by atoms with Gasteiger partial charge in [0, 0.05) is 43.1 Å². The predicted molar refractivity (Wildman–Crippen MR) is 72.7 cm³/mol. The largest absolute Gasteiger partial charge is 0.369 e. The molecule has 0 saturated carbocycles. The Morgan fingerprint density at radius 2 is 1.82 bits per heavy atom. The molecule has 1 saturated heterocycles. The zero-order valence-corrected chi connectivity index (χ0v) is 10.5. The highest BCUT2D eigenvalue weighted by atomic mass is 15.2. The molecule has 0 unspecified atom stereocenters. The number of anilines is 1. The molecule has 2 heterocycles. The highest BCUT2D eigenvalue weighted by molar-refractivity contribution is 5.84. The quantitative estimate of drug-likeness (QED) is 0.810. The van der Waals surface area contributed by atoms with Gasteiger partial charge in [0.25, 0.3) is 0 Å². The first kappa shape index (κ1) is 10.7. The van der Waals surface area contributed by atoms with Crippen LogP contribution in [-0.2, 0) is 0 Å². The molecule has 3 nitrogen and oxygen atoms in total. The van der Waals surface area contributed by atoms with Crippen LogP contribution in [0.3, 0.4) is 0 Å². The maximum atomic E-state index is 3.41. The number of benzene rings is 1. The molecule has 1 aliphatic heterocycles. The van der Waals surface area contributed by atoms with Gasteiger partial charge in [-0.1, -0.05) is 6.07 Å². The fourth-order valence-corrected chi connectivity index (χ4v) is 2.52. The number of likely N-dealkylation sites (N-methyl/N-ethyl adjacent to an activating group) is 1. The Morgan fingerprint density at radius 3 is 2.59 bits per heavy atom. The van der Waals surface area contributed by atoms with Crippen molar-refractivity contribution in [1.29, 1.82) is 0 Å². The van der Waals surface area contributed by atoms with Gasteiger partial charge in [0.15, 0.2) is 0 Å². The second-order valence-electron chi connectivity index (χ2n) is 5.01. The molecule has 1 N–H and O–H groups in total. The summed E-state index contributed by atoms with van der Waals surface area (Å²) in [5.41, 5.74) is 3.82. The molecule has 17 heavy (non-hydrogen) atoms. The number of aromatic nitrogens is 1. The summed E-state index contributed by atoms with van der Waals surface area (Å²) < 4.78 is 0. The third kappa shape index (κ3) is 2.03. The van der Waals surface area contributed by atoms with E-state index in [0.717, 1.165) is 26.2 Å². The minimum absolute atomic E-state index is 1.13. The van der Waals surface area contributed by atoms with Crippen molar-refractivity contribution in [2.75, 3.05) is 38.1 Å². The first-order chi connectivity index (χ1) is 8.22. The molecule has 1 aromatic carbocycles. The summed E-state index contributed by atoms with van der Waals surface area (Å²) in [6, 6.07) is 8.92. The number of H-pyrrole nitrogens is 1. The summed E-state index contributed by atoms with van der Waals surface area (Å²) in [5.74, 6) is 0. The van der Waals surface area contributed by atoms with Crippen LogP contribution in [0.5, 0.6) is 0 Å². The molecule has 1 aliphatic rings. The van der Waals surface area contributed by atoms with E-state index in [9.17, 15) is 0 Å². The maximum Gasteiger partial charge on any atom is 0.0476 e. The standard InChI is InChI=1S/C14H19N3/c1-11-9-12-3-4-13(10-14(12)15-11)17-7-5-16(2)6-8-17/h3-4,9-10,15H,5-8H2,1-2H3. The first-order valence-electron chi connectivity index (χ1n) is 6.25. The third-order valence-electron chi connectivity index (χ3n) is 3.61. The van der Waals surface area contributed by atoms with Crippen molar-refractivity contribution >= 4 is 16.6 Å². The summed E-state index contributed by atoms with van der Waals surface area (Å²) in [7, 11) is 2.19. The van der Waals surface area contributed by atoms with Gasteiger partial charge in [0.05, 0.1) is 0 Å². The summed E-state index contributed by atoms with van der Waals surface area (Å²) >= 11 is 0. The van der Waals surface area contributed by atoms with E-state index in [-0.39, 0.29) is 0 Å². The van der Waals surface area contributed by atoms with Crippen molar-refractivity contribution in [3.05, 3.63) is 30.0 Å². The Morgan fingerprint density at radius 1 is 1.06 bits per heavy atom. The van der Waals surface area contributed by atoms with Crippen molar-refractivity contribution in [3.8, 4) is 0 Å². The summed E-state index contributed by atoms with van der Waals surface area (Å²) in [6.45, 7) is 6.67. The number of hydrogen-bond donors (Lipinski definition) is 1. The topological polar surface area (TPSA) is 22.3 Å². The Balaban J connectivity index is 1.89. The normalized spacial score (nSPS) is 17.9. The smallest absolute Gasteiger partial charge is 0.0476 e. The molecule has 90 valence electrons. The fraction of sp³-hybridized carbons (Fsp3) is 0.429. The lowest BCUT2D eigenvalue weighted by Crippen LogP contribution is -2.44. The summed E-state index contributed by atoms with van der Waals surface area (Å²) in [6.07, 6.45) is 0. The number of fused-ring (bicyclic) bond motifs is 1. The lowest BCUT2D eigenvalue weighted by Gasteiger charge is -2.34. The van der Waals surface area contributed by atoms with Crippen molar-refractivity contribution in [3.63, 3.8) is 0 Å². The molecule has 0 amide bonds. The molecule has 1 aromatic heterocycles. The van der Waals surface area contributed by atoms with Crippen molar-refractivity contribution in [1.82, 2.24) is 9.88 Å². The Kier molecular flexibility index (Phi) is 2.56. The molecule has 2 aromatic rings. The van der Waals surface area contributed by atoms with E-state index in [4.69, 9.17) is 0 Å². The van der Waals surface area contributed by atoms with Gasteiger partial charge in [0.1, 0.15) is 0 Å².